The average molecular weight is 893 g/mol. The first-order chi connectivity index (χ1) is 28.6. The Morgan fingerprint density at radius 2 is 1.02 bits per heavy atom. The smallest absolute Gasteiger partial charge is 0.425 e. The lowest BCUT2D eigenvalue weighted by molar-refractivity contribution is -0.134. The van der Waals surface area contributed by atoms with E-state index in [1.807, 2.05) is 27.7 Å². The van der Waals surface area contributed by atoms with Crippen LogP contribution in [0.25, 0.3) is 11.3 Å². The Bertz CT molecular complexity index is 1860. The quantitative estimate of drug-likeness (QED) is 0.0960. The Morgan fingerprint density at radius 1 is 0.613 bits per heavy atom. The fourth-order valence-corrected chi connectivity index (χ4v) is 5.43. The standard InChI is InChI=1S/C23H35N5O6.C19H30ClN3O5/c1-9-31-17(32-10-2)11-16-18(15-12-26-27-13-15)24-14-25-19(16)28(20(29)33-22(3,4)5)21(30)34-23(6,7)8;1-9-26-12(2)10-13-14(20)21-11-22-15(13)23(16(24)27-18(3,4)5)17(25)28-19(6,7)8/h12-14,17H,9-11H2,1-8H3,(H,26,27);11-12H,9-10H2,1-8H3. The first-order valence-electron chi connectivity index (χ1n) is 20.3. The van der Waals surface area contributed by atoms with Gasteiger partial charge in [-0.25, -0.2) is 39.1 Å². The number of nitrogens with zero attached hydrogens (tertiary/aromatic N) is 7. The third-order valence-electron chi connectivity index (χ3n) is 7.31. The number of hydrogen-bond acceptors (Lipinski definition) is 16. The van der Waals surface area contributed by atoms with Gasteiger partial charge in [0.1, 0.15) is 40.2 Å². The van der Waals surface area contributed by atoms with E-state index < -0.39 is 53.1 Å². The maximum absolute atomic E-state index is 13.2. The van der Waals surface area contributed by atoms with E-state index >= 15 is 0 Å². The minimum absolute atomic E-state index is 0.00931. The van der Waals surface area contributed by atoms with Gasteiger partial charge in [-0.05, 0) is 111 Å². The first kappa shape index (κ1) is 53.2. The summed E-state index contributed by atoms with van der Waals surface area (Å²) in [6, 6.07) is 0. The first-order valence-corrected chi connectivity index (χ1v) is 20.7. The highest BCUT2D eigenvalue weighted by Gasteiger charge is 2.38. The average Bonchev–Trinajstić information content (AvgIpc) is 3.63. The molecule has 0 aliphatic heterocycles. The van der Waals surface area contributed by atoms with Gasteiger partial charge in [0.15, 0.2) is 17.9 Å². The van der Waals surface area contributed by atoms with Crippen LogP contribution in [-0.2, 0) is 46.0 Å². The molecule has 19 nitrogen and oxygen atoms in total. The number of H-pyrrole nitrogens is 1. The van der Waals surface area contributed by atoms with Crippen molar-refractivity contribution in [3.05, 3.63) is 41.3 Å². The van der Waals surface area contributed by atoms with Crippen molar-refractivity contribution >= 4 is 47.6 Å². The molecule has 62 heavy (non-hydrogen) atoms. The molecule has 346 valence electrons. The Hall–Kier alpha value is -4.98. The van der Waals surface area contributed by atoms with Crippen molar-refractivity contribution in [2.75, 3.05) is 29.6 Å². The van der Waals surface area contributed by atoms with Crippen molar-refractivity contribution in [3.8, 4) is 11.3 Å². The summed E-state index contributed by atoms with van der Waals surface area (Å²) in [7, 11) is 0. The van der Waals surface area contributed by atoms with E-state index in [4.69, 9.17) is 44.8 Å². The molecule has 4 amide bonds. The molecule has 1 unspecified atom stereocenters. The van der Waals surface area contributed by atoms with Crippen molar-refractivity contribution in [3.63, 3.8) is 0 Å². The van der Waals surface area contributed by atoms with Crippen LogP contribution in [-0.4, -0.2) is 109 Å². The van der Waals surface area contributed by atoms with E-state index in [0.717, 1.165) is 9.80 Å². The molecule has 0 aliphatic rings. The van der Waals surface area contributed by atoms with Gasteiger partial charge < -0.3 is 33.2 Å². The zero-order valence-corrected chi connectivity index (χ0v) is 39.8. The van der Waals surface area contributed by atoms with Gasteiger partial charge in [0.2, 0.25) is 0 Å². The van der Waals surface area contributed by atoms with Crippen LogP contribution in [0, 0.1) is 0 Å². The molecule has 20 heteroatoms. The maximum atomic E-state index is 13.2. The van der Waals surface area contributed by atoms with Crippen LogP contribution in [0.15, 0.2) is 25.0 Å². The number of rotatable bonds is 13. The Morgan fingerprint density at radius 3 is 1.39 bits per heavy atom. The fraction of sp³-hybridized carbons (Fsp3) is 0.643. The van der Waals surface area contributed by atoms with Gasteiger partial charge in [-0.2, -0.15) is 14.9 Å². The molecule has 0 radical (unpaired) electrons. The largest absolute Gasteiger partial charge is 0.443 e. The van der Waals surface area contributed by atoms with Gasteiger partial charge in [-0.15, -0.1) is 0 Å². The highest BCUT2D eigenvalue weighted by atomic mass is 35.5. The minimum atomic E-state index is -0.927. The number of hydrogen-bond donors (Lipinski definition) is 1. The molecule has 3 heterocycles. The molecule has 0 spiro atoms. The monoisotopic (exact) mass is 892 g/mol. The number of halogens is 1. The summed E-state index contributed by atoms with van der Waals surface area (Å²) < 4.78 is 38.8. The number of nitrogens with one attached hydrogen (secondary N) is 1. The predicted molar refractivity (Wildman–Crippen MR) is 232 cm³/mol. The lowest BCUT2D eigenvalue weighted by Gasteiger charge is -2.29. The second-order valence-corrected chi connectivity index (χ2v) is 17.9. The van der Waals surface area contributed by atoms with Crippen LogP contribution in [0.4, 0.5) is 30.8 Å². The number of carbonyl (C=O) groups is 4. The van der Waals surface area contributed by atoms with E-state index in [1.165, 1.54) is 12.7 Å². The van der Waals surface area contributed by atoms with Crippen molar-refractivity contribution < 1.29 is 52.3 Å². The molecule has 0 aromatic carbocycles. The molecular formula is C42H65ClN8O11. The van der Waals surface area contributed by atoms with Crippen LogP contribution >= 0.6 is 11.6 Å². The lowest BCUT2D eigenvalue weighted by atomic mass is 10.1. The third-order valence-corrected chi connectivity index (χ3v) is 7.64. The summed E-state index contributed by atoms with van der Waals surface area (Å²) in [6.07, 6.45) is 1.54. The second-order valence-electron chi connectivity index (χ2n) is 17.6. The minimum Gasteiger partial charge on any atom is -0.443 e. The van der Waals surface area contributed by atoms with Crippen molar-refractivity contribution in [2.45, 2.75) is 158 Å². The molecule has 0 saturated carbocycles. The van der Waals surface area contributed by atoms with Crippen LogP contribution in [0.1, 0.15) is 122 Å². The van der Waals surface area contributed by atoms with Gasteiger partial charge in [-0.1, -0.05) is 11.6 Å². The molecule has 3 aromatic rings. The molecule has 0 aliphatic carbocycles. The predicted octanol–water partition coefficient (Wildman–Crippen LogP) is 9.26. The van der Waals surface area contributed by atoms with Gasteiger partial charge in [0.25, 0.3) is 0 Å². The Balaban J connectivity index is 0.000000435. The summed E-state index contributed by atoms with van der Waals surface area (Å²) in [4.78, 5) is 70.5. The summed E-state index contributed by atoms with van der Waals surface area (Å²) in [5, 5.41) is 6.85. The SMILES string of the molecule is CCOC(C)Cc1c(Cl)ncnc1N(C(=O)OC(C)(C)C)C(=O)OC(C)(C)C.CCOC(Cc1c(-c2cn[nH]c2)ncnc1N(C(=O)OC(C)(C)C)C(=O)OC(C)(C)C)OCC. The number of ether oxygens (including phenoxy) is 7. The van der Waals surface area contributed by atoms with E-state index in [9.17, 15) is 19.2 Å². The third kappa shape index (κ3) is 17.8. The van der Waals surface area contributed by atoms with Crippen molar-refractivity contribution in [1.82, 2.24) is 30.1 Å². The molecule has 0 saturated heterocycles. The number of imide groups is 2. The number of carbonyl (C=O) groups excluding carboxylic acids is 4. The summed E-state index contributed by atoms with van der Waals surface area (Å²) >= 11 is 6.26. The highest BCUT2D eigenvalue weighted by molar-refractivity contribution is 6.30. The molecule has 1 N–H and O–H groups in total. The zero-order valence-electron chi connectivity index (χ0n) is 39.0. The molecule has 3 aromatic heterocycles. The Labute approximate surface area is 369 Å². The van der Waals surface area contributed by atoms with E-state index in [-0.39, 0.29) is 29.3 Å². The summed E-state index contributed by atoms with van der Waals surface area (Å²) in [5.74, 6) is 0.0224. The van der Waals surface area contributed by atoms with Gasteiger partial charge >= 0.3 is 24.4 Å². The molecular weight excluding hydrogens is 828 g/mol. The molecule has 0 bridgehead atoms. The van der Waals surface area contributed by atoms with Crippen LogP contribution < -0.4 is 9.80 Å². The summed E-state index contributed by atoms with van der Waals surface area (Å²) in [5.41, 5.74) is -1.46. The fourth-order valence-electron chi connectivity index (χ4n) is 5.22. The van der Waals surface area contributed by atoms with Gasteiger partial charge in [0.05, 0.1) is 18.0 Å². The van der Waals surface area contributed by atoms with E-state index in [1.54, 1.807) is 95.5 Å². The summed E-state index contributed by atoms with van der Waals surface area (Å²) in [6.45, 7) is 29.1. The van der Waals surface area contributed by atoms with E-state index in [0.29, 0.717) is 48.6 Å². The van der Waals surface area contributed by atoms with Crippen molar-refractivity contribution in [2.24, 2.45) is 0 Å². The van der Waals surface area contributed by atoms with Crippen LogP contribution in [0.2, 0.25) is 5.15 Å². The van der Waals surface area contributed by atoms with E-state index in [2.05, 4.69) is 30.1 Å². The number of amides is 4. The Kier molecular flexibility index (Phi) is 19.6. The van der Waals surface area contributed by atoms with Crippen molar-refractivity contribution in [1.29, 1.82) is 0 Å². The number of aromatic amines is 1. The number of aromatic nitrogens is 6. The number of anilines is 2. The second kappa shape index (κ2) is 22.9. The normalized spacial score (nSPS) is 12.5. The van der Waals surface area contributed by atoms with Gasteiger partial charge in [-0.3, -0.25) is 5.10 Å². The van der Waals surface area contributed by atoms with Crippen LogP contribution in [0.3, 0.4) is 0 Å². The zero-order chi connectivity index (χ0) is 47.2. The molecule has 0 fully saturated rings. The van der Waals surface area contributed by atoms with Gasteiger partial charge in [0, 0.05) is 55.5 Å². The highest BCUT2D eigenvalue weighted by Crippen LogP contribution is 2.32. The lowest BCUT2D eigenvalue weighted by Crippen LogP contribution is -2.45. The molecule has 1 atom stereocenters. The topological polar surface area (TPSA) is 220 Å². The maximum Gasteiger partial charge on any atom is 0.425 e. The van der Waals surface area contributed by atoms with Crippen LogP contribution in [0.5, 0.6) is 0 Å². The molecule has 3 rings (SSSR count).